The molecular weight excluding hydrogens is 188 g/mol. The molecule has 0 saturated carbocycles. The summed E-state index contributed by atoms with van der Waals surface area (Å²) in [6.07, 6.45) is 2.13. The second-order valence-electron chi connectivity index (χ2n) is 4.69. The minimum Gasteiger partial charge on any atom is -0.380 e. The van der Waals surface area contributed by atoms with Crippen molar-refractivity contribution < 1.29 is 4.74 Å². The molecule has 2 heterocycles. The molecule has 0 amide bonds. The monoisotopic (exact) mass is 208 g/mol. The maximum Gasteiger partial charge on any atom is 0.0554 e. The summed E-state index contributed by atoms with van der Waals surface area (Å²) in [5.41, 5.74) is 1.73. The van der Waals surface area contributed by atoms with Gasteiger partial charge in [-0.05, 0) is 19.1 Å². The SMILES string of the molecule is CCn1cccc1CNCC1(C)COC1. The minimum absolute atomic E-state index is 0.365. The minimum atomic E-state index is 0.365. The highest BCUT2D eigenvalue weighted by molar-refractivity contribution is 5.06. The Balaban J connectivity index is 1.78. The molecule has 1 aromatic rings. The van der Waals surface area contributed by atoms with Gasteiger partial charge in [0.1, 0.15) is 0 Å². The fourth-order valence-electron chi connectivity index (χ4n) is 1.96. The lowest BCUT2D eigenvalue weighted by molar-refractivity contribution is -0.0992. The van der Waals surface area contributed by atoms with Crippen molar-refractivity contribution in [2.75, 3.05) is 19.8 Å². The van der Waals surface area contributed by atoms with Gasteiger partial charge in [0.15, 0.2) is 0 Å². The van der Waals surface area contributed by atoms with Crippen molar-refractivity contribution in [2.24, 2.45) is 5.41 Å². The van der Waals surface area contributed by atoms with Crippen molar-refractivity contribution in [2.45, 2.75) is 26.9 Å². The first-order chi connectivity index (χ1) is 7.23. The number of rotatable bonds is 5. The summed E-state index contributed by atoms with van der Waals surface area (Å²) in [6, 6.07) is 4.28. The Morgan fingerprint density at radius 1 is 1.53 bits per heavy atom. The summed E-state index contributed by atoms with van der Waals surface area (Å²) in [4.78, 5) is 0. The normalized spacial score (nSPS) is 18.8. The van der Waals surface area contributed by atoms with E-state index in [1.165, 1.54) is 5.69 Å². The Labute approximate surface area is 91.4 Å². The molecule has 1 aliphatic rings. The molecule has 1 saturated heterocycles. The van der Waals surface area contributed by atoms with E-state index in [0.29, 0.717) is 5.41 Å². The molecule has 0 atom stereocenters. The molecule has 0 spiro atoms. The lowest BCUT2D eigenvalue weighted by Gasteiger charge is -2.38. The zero-order chi connectivity index (χ0) is 10.7. The molecule has 3 heteroatoms. The Hall–Kier alpha value is -0.800. The quantitative estimate of drug-likeness (QED) is 0.796. The fourth-order valence-corrected chi connectivity index (χ4v) is 1.96. The first kappa shape index (κ1) is 10.7. The van der Waals surface area contributed by atoms with Crippen molar-refractivity contribution in [3.63, 3.8) is 0 Å². The lowest BCUT2D eigenvalue weighted by Crippen LogP contribution is -2.47. The van der Waals surface area contributed by atoms with Crippen molar-refractivity contribution in [1.82, 2.24) is 9.88 Å². The highest BCUT2D eigenvalue weighted by atomic mass is 16.5. The molecule has 1 N–H and O–H groups in total. The molecule has 1 aromatic heterocycles. The van der Waals surface area contributed by atoms with Crippen LogP contribution < -0.4 is 5.32 Å². The topological polar surface area (TPSA) is 26.2 Å². The van der Waals surface area contributed by atoms with Gasteiger partial charge in [-0.1, -0.05) is 6.92 Å². The zero-order valence-electron chi connectivity index (χ0n) is 9.62. The predicted molar refractivity (Wildman–Crippen MR) is 60.7 cm³/mol. The van der Waals surface area contributed by atoms with Crippen molar-refractivity contribution in [3.8, 4) is 0 Å². The summed E-state index contributed by atoms with van der Waals surface area (Å²) in [7, 11) is 0. The maximum atomic E-state index is 5.23. The third kappa shape index (κ3) is 2.41. The van der Waals surface area contributed by atoms with E-state index in [-0.39, 0.29) is 0 Å². The summed E-state index contributed by atoms with van der Waals surface area (Å²) >= 11 is 0. The van der Waals surface area contributed by atoms with Gasteiger partial charge in [0.2, 0.25) is 0 Å². The average Bonchev–Trinajstić information content (AvgIpc) is 2.63. The summed E-state index contributed by atoms with van der Waals surface area (Å²) in [6.45, 7) is 9.28. The molecule has 0 aromatic carbocycles. The molecule has 0 radical (unpaired) electrons. The third-order valence-electron chi connectivity index (χ3n) is 3.02. The van der Waals surface area contributed by atoms with E-state index >= 15 is 0 Å². The summed E-state index contributed by atoms with van der Waals surface area (Å²) in [5.74, 6) is 0. The van der Waals surface area contributed by atoms with Crippen LogP contribution in [-0.2, 0) is 17.8 Å². The molecule has 15 heavy (non-hydrogen) atoms. The Bertz CT molecular complexity index is 315. The van der Waals surface area contributed by atoms with Crippen molar-refractivity contribution >= 4 is 0 Å². The van der Waals surface area contributed by atoms with E-state index in [1.807, 2.05) is 0 Å². The second kappa shape index (κ2) is 4.37. The molecule has 0 unspecified atom stereocenters. The smallest absolute Gasteiger partial charge is 0.0554 e. The van der Waals surface area contributed by atoms with Crippen LogP contribution in [0.5, 0.6) is 0 Å². The number of aryl methyl sites for hydroxylation is 1. The highest BCUT2D eigenvalue weighted by Crippen LogP contribution is 2.25. The molecule has 2 rings (SSSR count). The van der Waals surface area contributed by atoms with Crippen LogP contribution in [0.2, 0.25) is 0 Å². The molecule has 3 nitrogen and oxygen atoms in total. The molecule has 1 fully saturated rings. The van der Waals surface area contributed by atoms with Gasteiger partial charge in [-0.2, -0.15) is 0 Å². The van der Waals surface area contributed by atoms with Crippen LogP contribution in [0.3, 0.4) is 0 Å². The van der Waals surface area contributed by atoms with Crippen molar-refractivity contribution in [3.05, 3.63) is 24.0 Å². The van der Waals surface area contributed by atoms with Gasteiger partial charge in [0.05, 0.1) is 13.2 Å². The van der Waals surface area contributed by atoms with Gasteiger partial charge in [-0.15, -0.1) is 0 Å². The third-order valence-corrected chi connectivity index (χ3v) is 3.02. The van der Waals surface area contributed by atoms with Gasteiger partial charge in [0, 0.05) is 36.9 Å². The van der Waals surface area contributed by atoms with Crippen LogP contribution in [0.1, 0.15) is 19.5 Å². The molecular formula is C12H20N2O. The van der Waals surface area contributed by atoms with Crippen LogP contribution in [0.15, 0.2) is 18.3 Å². The summed E-state index contributed by atoms with van der Waals surface area (Å²) < 4.78 is 7.50. The number of aromatic nitrogens is 1. The number of hydrogen-bond donors (Lipinski definition) is 1. The molecule has 84 valence electrons. The van der Waals surface area contributed by atoms with Crippen LogP contribution in [0.4, 0.5) is 0 Å². The van der Waals surface area contributed by atoms with E-state index in [0.717, 1.165) is 32.8 Å². The van der Waals surface area contributed by atoms with Crippen LogP contribution in [0.25, 0.3) is 0 Å². The van der Waals surface area contributed by atoms with Crippen LogP contribution >= 0.6 is 0 Å². The molecule has 1 aliphatic heterocycles. The van der Waals surface area contributed by atoms with Gasteiger partial charge in [-0.3, -0.25) is 0 Å². The standard InChI is InChI=1S/C12H20N2O/c1-3-14-6-4-5-11(14)7-13-8-12(2)9-15-10-12/h4-6,13H,3,7-10H2,1-2H3. The van der Waals surface area contributed by atoms with Gasteiger partial charge in [-0.25, -0.2) is 0 Å². The Morgan fingerprint density at radius 2 is 2.33 bits per heavy atom. The Kier molecular flexibility index (Phi) is 3.12. The molecule has 0 aliphatic carbocycles. The van der Waals surface area contributed by atoms with E-state index in [4.69, 9.17) is 4.74 Å². The summed E-state index contributed by atoms with van der Waals surface area (Å²) in [5, 5.41) is 3.50. The first-order valence-electron chi connectivity index (χ1n) is 5.66. The van der Waals surface area contributed by atoms with E-state index in [1.54, 1.807) is 0 Å². The first-order valence-corrected chi connectivity index (χ1v) is 5.66. The number of hydrogen-bond acceptors (Lipinski definition) is 2. The second-order valence-corrected chi connectivity index (χ2v) is 4.69. The average molecular weight is 208 g/mol. The highest BCUT2D eigenvalue weighted by Gasteiger charge is 2.32. The fraction of sp³-hybridized carbons (Fsp3) is 0.667. The van der Waals surface area contributed by atoms with E-state index < -0.39 is 0 Å². The zero-order valence-corrected chi connectivity index (χ0v) is 9.62. The molecule has 0 bridgehead atoms. The predicted octanol–water partition coefficient (Wildman–Crippen LogP) is 1.63. The van der Waals surface area contributed by atoms with Crippen LogP contribution in [0, 0.1) is 5.41 Å². The Morgan fingerprint density at radius 3 is 2.93 bits per heavy atom. The van der Waals surface area contributed by atoms with Gasteiger partial charge in [0.25, 0.3) is 0 Å². The lowest BCUT2D eigenvalue weighted by atomic mass is 9.89. The maximum absolute atomic E-state index is 5.23. The number of ether oxygens (including phenoxy) is 1. The van der Waals surface area contributed by atoms with Crippen molar-refractivity contribution in [1.29, 1.82) is 0 Å². The van der Waals surface area contributed by atoms with E-state index in [9.17, 15) is 0 Å². The van der Waals surface area contributed by atoms with Crippen LogP contribution in [-0.4, -0.2) is 24.3 Å². The van der Waals surface area contributed by atoms with E-state index in [2.05, 4.69) is 42.1 Å². The largest absolute Gasteiger partial charge is 0.380 e. The van der Waals surface area contributed by atoms with Gasteiger partial charge >= 0.3 is 0 Å². The number of nitrogens with one attached hydrogen (secondary N) is 1. The number of nitrogens with zero attached hydrogens (tertiary/aromatic N) is 1. The van der Waals surface area contributed by atoms with Gasteiger partial charge < -0.3 is 14.6 Å².